The van der Waals surface area contributed by atoms with E-state index < -0.39 is 5.60 Å². The number of carbonyl (C=O) groups is 1. The molecular weight excluding hydrogens is 232 g/mol. The van der Waals surface area contributed by atoms with Gasteiger partial charge in [-0.05, 0) is 39.5 Å². The highest BCUT2D eigenvalue weighted by Crippen LogP contribution is 2.41. The van der Waals surface area contributed by atoms with Crippen molar-refractivity contribution in [1.29, 1.82) is 0 Å². The lowest BCUT2D eigenvalue weighted by Gasteiger charge is -2.30. The molecule has 1 saturated carbocycles. The molecule has 0 atom stereocenters. The van der Waals surface area contributed by atoms with Crippen molar-refractivity contribution >= 4 is 5.97 Å². The zero-order valence-electron chi connectivity index (χ0n) is 10.9. The smallest absolute Gasteiger partial charge is 0.330 e. The van der Waals surface area contributed by atoms with Gasteiger partial charge in [-0.1, -0.05) is 6.08 Å². The molecule has 1 aliphatic carbocycles. The van der Waals surface area contributed by atoms with Crippen molar-refractivity contribution in [2.75, 3.05) is 0 Å². The predicted octanol–water partition coefficient (Wildman–Crippen LogP) is 2.46. The van der Waals surface area contributed by atoms with E-state index in [0.717, 1.165) is 12.8 Å². The van der Waals surface area contributed by atoms with E-state index in [-0.39, 0.29) is 5.97 Å². The van der Waals surface area contributed by atoms with Gasteiger partial charge in [-0.2, -0.15) is 0 Å². The highest BCUT2D eigenvalue weighted by Gasteiger charge is 2.32. The van der Waals surface area contributed by atoms with Crippen LogP contribution in [0.3, 0.4) is 0 Å². The number of hydrogen-bond donors (Lipinski definition) is 0. The van der Waals surface area contributed by atoms with Crippen LogP contribution in [-0.4, -0.2) is 21.8 Å². The van der Waals surface area contributed by atoms with Crippen LogP contribution in [0.2, 0.25) is 0 Å². The zero-order chi connectivity index (χ0) is 13.2. The third kappa shape index (κ3) is 3.42. The van der Waals surface area contributed by atoms with E-state index in [0.29, 0.717) is 17.7 Å². The molecule has 0 aliphatic heterocycles. The summed E-state index contributed by atoms with van der Waals surface area (Å²) < 4.78 is 10.3. The lowest BCUT2D eigenvalue weighted by Crippen LogP contribution is -2.23. The molecule has 0 amide bonds. The van der Waals surface area contributed by atoms with Crippen molar-refractivity contribution in [3.8, 4) is 0 Å². The number of allylic oxidation sites excluding steroid dienone is 1. The Morgan fingerprint density at radius 2 is 2.22 bits per heavy atom. The maximum atomic E-state index is 11.5. The second-order valence-corrected chi connectivity index (χ2v) is 5.60. The summed E-state index contributed by atoms with van der Waals surface area (Å²) in [6.07, 6.45) is 6.66. The summed E-state index contributed by atoms with van der Waals surface area (Å²) in [6, 6.07) is 0. The Morgan fingerprint density at radius 1 is 1.50 bits per heavy atom. The number of hydrogen-bond acceptors (Lipinski definition) is 5. The summed E-state index contributed by atoms with van der Waals surface area (Å²) in [5, 5.41) is 7.54. The summed E-state index contributed by atoms with van der Waals surface area (Å²) in [5.74, 6) is 1.14. The predicted molar refractivity (Wildman–Crippen MR) is 64.7 cm³/mol. The fourth-order valence-corrected chi connectivity index (χ4v) is 1.93. The number of aromatic nitrogens is 2. The highest BCUT2D eigenvalue weighted by atomic mass is 16.6. The van der Waals surface area contributed by atoms with Gasteiger partial charge in [0.25, 0.3) is 0 Å². The molecule has 1 aliphatic rings. The van der Waals surface area contributed by atoms with E-state index in [9.17, 15) is 4.79 Å². The summed E-state index contributed by atoms with van der Waals surface area (Å²) in [6.45, 7) is 5.56. The van der Waals surface area contributed by atoms with E-state index >= 15 is 0 Å². The van der Waals surface area contributed by atoms with Crippen LogP contribution in [0.5, 0.6) is 0 Å². The van der Waals surface area contributed by atoms with Crippen molar-refractivity contribution in [3.63, 3.8) is 0 Å². The van der Waals surface area contributed by atoms with Crippen LogP contribution >= 0.6 is 0 Å². The molecule has 98 valence electrons. The van der Waals surface area contributed by atoms with Crippen LogP contribution in [0, 0.1) is 5.92 Å². The number of esters is 1. The van der Waals surface area contributed by atoms with Gasteiger partial charge in [0.15, 0.2) is 0 Å². The molecule has 5 heteroatoms. The molecule has 0 saturated heterocycles. The van der Waals surface area contributed by atoms with Crippen molar-refractivity contribution in [1.82, 2.24) is 10.2 Å². The minimum Gasteiger partial charge on any atom is -0.457 e. The lowest BCUT2D eigenvalue weighted by atomic mass is 9.75. The standard InChI is InChI=1S/C13H18N2O3/c1-13(2,3)18-11(16)5-4-9-6-10(7-9)12-15-14-8-17-12/h4-5,8-10H,6-7H2,1-3H3/b5-4+. The number of rotatable bonds is 3. The second kappa shape index (κ2) is 4.92. The van der Waals surface area contributed by atoms with Crippen molar-refractivity contribution in [2.24, 2.45) is 5.92 Å². The normalized spacial score (nSPS) is 23.9. The topological polar surface area (TPSA) is 65.2 Å². The van der Waals surface area contributed by atoms with E-state index in [2.05, 4.69) is 10.2 Å². The second-order valence-electron chi connectivity index (χ2n) is 5.60. The lowest BCUT2D eigenvalue weighted by molar-refractivity contribution is -0.148. The highest BCUT2D eigenvalue weighted by molar-refractivity contribution is 5.82. The molecule has 1 aromatic rings. The van der Waals surface area contributed by atoms with Gasteiger partial charge in [0.2, 0.25) is 12.3 Å². The molecule has 1 aromatic heterocycles. The summed E-state index contributed by atoms with van der Waals surface area (Å²) in [4.78, 5) is 11.5. The fourth-order valence-electron chi connectivity index (χ4n) is 1.93. The number of ether oxygens (including phenoxy) is 1. The molecule has 0 radical (unpaired) electrons. The molecule has 0 spiro atoms. The van der Waals surface area contributed by atoms with Gasteiger partial charge in [-0.3, -0.25) is 0 Å². The van der Waals surface area contributed by atoms with Crippen LogP contribution < -0.4 is 0 Å². The summed E-state index contributed by atoms with van der Waals surface area (Å²) >= 11 is 0. The van der Waals surface area contributed by atoms with Gasteiger partial charge in [0.1, 0.15) is 5.60 Å². The van der Waals surface area contributed by atoms with E-state index in [1.165, 1.54) is 12.5 Å². The first kappa shape index (κ1) is 12.8. The third-order valence-corrected chi connectivity index (χ3v) is 2.81. The van der Waals surface area contributed by atoms with Crippen molar-refractivity contribution in [3.05, 3.63) is 24.4 Å². The molecular formula is C13H18N2O3. The first-order valence-electron chi connectivity index (χ1n) is 6.11. The summed E-state index contributed by atoms with van der Waals surface area (Å²) in [5.41, 5.74) is -0.437. The van der Waals surface area contributed by atoms with Gasteiger partial charge in [0, 0.05) is 12.0 Å². The van der Waals surface area contributed by atoms with Crippen molar-refractivity contribution < 1.29 is 13.9 Å². The average molecular weight is 250 g/mol. The first-order valence-corrected chi connectivity index (χ1v) is 6.11. The van der Waals surface area contributed by atoms with Crippen molar-refractivity contribution in [2.45, 2.75) is 45.1 Å². The SMILES string of the molecule is CC(C)(C)OC(=O)/C=C/C1CC(c2nnco2)C1. The molecule has 5 nitrogen and oxygen atoms in total. The maximum absolute atomic E-state index is 11.5. The molecule has 0 aromatic carbocycles. The minimum atomic E-state index is -0.437. The fraction of sp³-hybridized carbons (Fsp3) is 0.615. The monoisotopic (exact) mass is 250 g/mol. The zero-order valence-corrected chi connectivity index (χ0v) is 10.9. The van der Waals surface area contributed by atoms with Crippen LogP contribution in [0.15, 0.2) is 23.0 Å². The summed E-state index contributed by atoms with van der Waals surface area (Å²) in [7, 11) is 0. The van der Waals surface area contributed by atoms with Gasteiger partial charge < -0.3 is 9.15 Å². The Bertz CT molecular complexity index is 426. The van der Waals surface area contributed by atoms with Gasteiger partial charge in [-0.15, -0.1) is 10.2 Å². The van der Waals surface area contributed by atoms with Crippen LogP contribution in [0.1, 0.15) is 45.4 Å². The Morgan fingerprint density at radius 3 is 2.78 bits per heavy atom. The number of carbonyl (C=O) groups excluding carboxylic acids is 1. The van der Waals surface area contributed by atoms with Gasteiger partial charge in [0.05, 0.1) is 0 Å². The Kier molecular flexibility index (Phi) is 3.50. The van der Waals surface area contributed by atoms with Crippen LogP contribution in [0.25, 0.3) is 0 Å². The average Bonchev–Trinajstić information content (AvgIpc) is 2.65. The minimum absolute atomic E-state index is 0.288. The van der Waals surface area contributed by atoms with Gasteiger partial charge >= 0.3 is 5.97 Å². The first-order chi connectivity index (χ1) is 8.44. The Labute approximate surface area is 106 Å². The third-order valence-electron chi connectivity index (χ3n) is 2.81. The number of nitrogens with zero attached hydrogens (tertiary/aromatic N) is 2. The largest absolute Gasteiger partial charge is 0.457 e. The Hall–Kier alpha value is -1.65. The Balaban J connectivity index is 1.75. The molecule has 1 heterocycles. The van der Waals surface area contributed by atoms with Crippen LogP contribution in [-0.2, 0) is 9.53 Å². The van der Waals surface area contributed by atoms with E-state index in [1.54, 1.807) is 0 Å². The molecule has 0 unspecified atom stereocenters. The van der Waals surface area contributed by atoms with Gasteiger partial charge in [-0.25, -0.2) is 4.79 Å². The maximum Gasteiger partial charge on any atom is 0.330 e. The van der Waals surface area contributed by atoms with E-state index in [4.69, 9.17) is 9.15 Å². The molecule has 18 heavy (non-hydrogen) atoms. The van der Waals surface area contributed by atoms with E-state index in [1.807, 2.05) is 26.8 Å². The molecule has 2 rings (SSSR count). The quantitative estimate of drug-likeness (QED) is 0.609. The molecule has 1 fully saturated rings. The van der Waals surface area contributed by atoms with Crippen LogP contribution in [0.4, 0.5) is 0 Å². The molecule has 0 bridgehead atoms. The molecule has 0 N–H and O–H groups in total.